The van der Waals surface area contributed by atoms with Crippen LogP contribution in [0.2, 0.25) is 0 Å². The Hall–Kier alpha value is -6.14. The molecule has 440 valence electrons. The van der Waals surface area contributed by atoms with Crippen LogP contribution in [0.15, 0.2) is 183 Å². The topological polar surface area (TPSA) is 85.1 Å². The second kappa shape index (κ2) is 22.8. The van der Waals surface area contributed by atoms with Crippen molar-refractivity contribution in [2.75, 3.05) is 0 Å². The molecule has 37 heteroatoms. The third-order valence-electron chi connectivity index (χ3n) is 7.59. The second-order valence-corrected chi connectivity index (χ2v) is 22.7. The van der Waals surface area contributed by atoms with Crippen LogP contribution in [0.4, 0.5) is 101 Å². The molecule has 8 nitrogen and oxygen atoms in total. The van der Waals surface area contributed by atoms with Crippen molar-refractivity contribution in [2.45, 2.75) is 0 Å². The van der Waals surface area contributed by atoms with Gasteiger partial charge in [0.05, 0.1) is 34.2 Å². The van der Waals surface area contributed by atoms with Gasteiger partial charge in [0.25, 0.3) is 0 Å². The zero-order chi connectivity index (χ0) is 60.0. The van der Waals surface area contributed by atoms with Gasteiger partial charge < -0.3 is 0 Å². The minimum Gasteiger partial charge on any atom is -0.255 e. The molecule has 0 saturated carbocycles. The van der Waals surface area contributed by atoms with Gasteiger partial charge in [-0.3, -0.25) is 29.9 Å². The molecule has 8 rings (SSSR count). The summed E-state index contributed by atoms with van der Waals surface area (Å²) in [5.74, 6) is 0. The number of hydrogen-bond acceptors (Lipinski definition) is 6. The van der Waals surface area contributed by atoms with Crippen LogP contribution in [-0.4, -0.2) is 29.9 Å². The van der Waals surface area contributed by atoms with E-state index in [1.165, 1.54) is 11.1 Å². The Balaban J connectivity index is 0.000000501. The smallest absolute Gasteiger partial charge is 0.255 e. The molecule has 0 fully saturated rings. The second-order valence-electron chi connectivity index (χ2n) is 15.1. The monoisotopic (exact) mass is 1330 g/mol. The largest absolute Gasteiger partial charge is 2.00 e. The molecular weight excluding hydrogens is 1300 g/mol. The van der Waals surface area contributed by atoms with E-state index in [0.717, 1.165) is 45.3 Å². The van der Waals surface area contributed by atoms with Crippen molar-refractivity contribution in [1.29, 1.82) is 0 Å². The van der Waals surface area contributed by atoms with Crippen molar-refractivity contribution in [3.8, 4) is 56.4 Å². The minimum absolute atomic E-state index is 0. The predicted octanol–water partition coefficient (Wildman–Crippen LogP) is 20.9. The molecule has 8 aromatic heterocycles. The van der Waals surface area contributed by atoms with E-state index < -0.39 is 31.2 Å². The summed E-state index contributed by atoms with van der Waals surface area (Å²) in [6, 6.07) is 39.8. The number of halogens is 24. The first kappa shape index (κ1) is 70.9. The SMILES string of the molecule is C[n+]1ccc(-c2ccnc(-c3cc(-c4cc[n+](C)cc4)ccn3)c2)cc1.F[P-](F)(F)(F)(F)F.F[P-](F)(F)(F)(F)F.F[P-](F)(F)(F)(F)F.F[P-](F)(F)(F)(F)F.[Ru+2].c1ccc(-c2ccccn2)nc1.c1ccc(-c2ccccn2)nc1. The number of aromatic nitrogens is 8. The standard InChI is InChI=1S/C22H20N4.2C10H8N2.4F6P.Ru/c1-25-11-5-17(6-12-25)19-3-9-23-21(15-19)22-16-20(4-10-24-22)18-7-13-26(2)14-8-18;2*1-3-7-11-9(5-1)10-6-2-4-8-12-10;4*1-7(2,3,4,5)6;/h3-16H,1-2H3;2*1-8H;;;;;/q+2;;;4*-1;+2. The molecule has 79 heavy (non-hydrogen) atoms. The molecule has 0 aliphatic rings. The van der Waals surface area contributed by atoms with Crippen molar-refractivity contribution in [2.24, 2.45) is 14.1 Å². The maximum absolute atomic E-state index is 10.7. The van der Waals surface area contributed by atoms with Crippen LogP contribution in [0.3, 0.4) is 0 Å². The van der Waals surface area contributed by atoms with E-state index in [9.17, 15) is 101 Å². The van der Waals surface area contributed by atoms with Crippen LogP contribution in [-0.2, 0) is 33.6 Å². The Morgan fingerprint density at radius 2 is 0.443 bits per heavy atom. The zero-order valence-electron chi connectivity index (χ0n) is 39.1. The predicted molar refractivity (Wildman–Crippen MR) is 250 cm³/mol. The number of nitrogens with zero attached hydrogens (tertiary/aromatic N) is 8. The van der Waals surface area contributed by atoms with Gasteiger partial charge in [0.2, 0.25) is 0 Å². The Labute approximate surface area is 443 Å². The normalized spacial score (nSPS) is 14.7. The van der Waals surface area contributed by atoms with E-state index >= 15 is 0 Å². The van der Waals surface area contributed by atoms with Gasteiger partial charge in [-0.05, 0) is 95.1 Å². The number of hydrogen-bond donors (Lipinski definition) is 0. The van der Waals surface area contributed by atoms with Crippen molar-refractivity contribution in [1.82, 2.24) is 29.9 Å². The van der Waals surface area contributed by atoms with Crippen LogP contribution >= 0.6 is 31.2 Å². The zero-order valence-corrected chi connectivity index (χ0v) is 44.4. The summed E-state index contributed by atoms with van der Waals surface area (Å²) in [7, 11) is -38.6. The van der Waals surface area contributed by atoms with Crippen molar-refractivity contribution < 1.29 is 129 Å². The maximum Gasteiger partial charge on any atom is 2.00 e. The summed E-state index contributed by atoms with van der Waals surface area (Å²) in [6.07, 6.45) is 18.9. The van der Waals surface area contributed by atoms with E-state index in [1.807, 2.05) is 145 Å². The van der Waals surface area contributed by atoms with Gasteiger partial charge in [-0.15, -0.1) is 0 Å². The molecule has 0 spiro atoms. The Morgan fingerprint density at radius 3 is 0.620 bits per heavy atom. The summed E-state index contributed by atoms with van der Waals surface area (Å²) in [6.45, 7) is 0. The van der Waals surface area contributed by atoms with Crippen molar-refractivity contribution in [3.63, 3.8) is 0 Å². The molecule has 0 saturated heterocycles. The Kier molecular flexibility index (Phi) is 20.4. The first-order chi connectivity index (χ1) is 34.4. The summed E-state index contributed by atoms with van der Waals surface area (Å²) < 4.78 is 241. The summed E-state index contributed by atoms with van der Waals surface area (Å²) in [5, 5.41) is 0. The molecular formula is C42H36F24N8P4Ru. The first-order valence-corrected chi connectivity index (χ1v) is 28.3. The van der Waals surface area contributed by atoms with Crippen LogP contribution in [0, 0.1) is 0 Å². The third-order valence-corrected chi connectivity index (χ3v) is 7.59. The fraction of sp³-hybridized carbons (Fsp3) is 0.0476. The molecule has 0 radical (unpaired) electrons. The van der Waals surface area contributed by atoms with Crippen LogP contribution < -0.4 is 9.13 Å². The Morgan fingerprint density at radius 1 is 0.253 bits per heavy atom. The number of pyridine rings is 8. The molecule has 0 unspecified atom stereocenters. The number of rotatable bonds is 5. The number of aryl methyl sites for hydroxylation is 2. The van der Waals surface area contributed by atoms with Crippen LogP contribution in [0.1, 0.15) is 0 Å². The summed E-state index contributed by atoms with van der Waals surface area (Å²) >= 11 is 0. The fourth-order valence-electron chi connectivity index (χ4n) is 4.94. The first-order valence-electron chi connectivity index (χ1n) is 20.2. The average molecular weight is 1330 g/mol. The van der Waals surface area contributed by atoms with Crippen LogP contribution in [0.5, 0.6) is 0 Å². The van der Waals surface area contributed by atoms with Gasteiger partial charge in [0.1, 0.15) is 14.1 Å². The molecule has 0 atom stereocenters. The van der Waals surface area contributed by atoms with E-state index in [4.69, 9.17) is 0 Å². The van der Waals surface area contributed by atoms with E-state index in [0.29, 0.717) is 0 Å². The van der Waals surface area contributed by atoms with Crippen molar-refractivity contribution in [3.05, 3.63) is 183 Å². The van der Waals surface area contributed by atoms with Crippen molar-refractivity contribution >= 4 is 31.2 Å². The van der Waals surface area contributed by atoms with E-state index in [1.54, 1.807) is 24.8 Å². The van der Waals surface area contributed by atoms with Gasteiger partial charge in [-0.1, -0.05) is 24.3 Å². The minimum atomic E-state index is -10.7. The molecule has 0 N–H and O–H groups in total. The Bertz CT molecular complexity index is 2790. The molecule has 0 aliphatic heterocycles. The van der Waals surface area contributed by atoms with Gasteiger partial charge in [0, 0.05) is 61.4 Å². The molecule has 0 bridgehead atoms. The summed E-state index contributed by atoms with van der Waals surface area (Å²) in [4.78, 5) is 25.8. The van der Waals surface area contributed by atoms with Gasteiger partial charge in [-0.2, -0.15) is 0 Å². The molecule has 0 aromatic carbocycles. The summed E-state index contributed by atoms with van der Waals surface area (Å²) in [5.41, 5.74) is 10.0. The van der Waals surface area contributed by atoms with Gasteiger partial charge in [-0.25, -0.2) is 9.13 Å². The molecule has 8 aromatic rings. The third kappa shape index (κ3) is 47.6. The fourth-order valence-corrected chi connectivity index (χ4v) is 4.94. The van der Waals surface area contributed by atoms with E-state index in [2.05, 4.69) is 66.3 Å². The van der Waals surface area contributed by atoms with E-state index in [-0.39, 0.29) is 19.5 Å². The average Bonchev–Trinajstić information content (AvgIpc) is 3.27. The van der Waals surface area contributed by atoms with Gasteiger partial charge in [0.15, 0.2) is 24.8 Å². The maximum atomic E-state index is 9.87. The quantitative estimate of drug-likeness (QED) is 0.0739. The van der Waals surface area contributed by atoms with Gasteiger partial charge >= 0.3 is 151 Å². The van der Waals surface area contributed by atoms with Crippen LogP contribution in [0.25, 0.3) is 56.4 Å². The molecule has 8 heterocycles. The molecule has 0 amide bonds. The molecule has 0 aliphatic carbocycles.